The van der Waals surface area contributed by atoms with Crippen molar-refractivity contribution in [2.75, 3.05) is 53.9 Å². The van der Waals surface area contributed by atoms with Crippen LogP contribution in [0.3, 0.4) is 0 Å². The number of aliphatic hydroxyl groups excluding tert-OH is 18. The van der Waals surface area contributed by atoms with Gasteiger partial charge in [-0.3, -0.25) is 9.59 Å². The first kappa shape index (κ1) is 97.7. The first-order valence-electron chi connectivity index (χ1n) is 39.4. The second-order valence-corrected chi connectivity index (χ2v) is 30.0. The van der Waals surface area contributed by atoms with Gasteiger partial charge in [0.05, 0.1) is 45.7 Å². The van der Waals surface area contributed by atoms with Gasteiger partial charge in [-0.25, -0.2) is 18.8 Å². The van der Waals surface area contributed by atoms with Gasteiger partial charge in [0.1, 0.15) is 171 Å². The molecule has 0 radical (unpaired) electrons. The van der Waals surface area contributed by atoms with Crippen molar-refractivity contribution in [1.29, 1.82) is 0 Å². The summed E-state index contributed by atoms with van der Waals surface area (Å²) < 4.78 is 108. The summed E-state index contributed by atoms with van der Waals surface area (Å²) >= 11 is 0. The number of ether oxygens (including phenoxy) is 18. The molecule has 5 aromatic carbocycles. The Balaban J connectivity index is 0.771. The Morgan fingerprint density at radius 1 is 0.400 bits per heavy atom. The summed E-state index contributed by atoms with van der Waals surface area (Å²) in [6, 6.07) is 15.7. The Bertz CT molecular complexity index is 5020. The second-order valence-electron chi connectivity index (χ2n) is 30.0. The maximum Gasteiger partial charge on any atom is 0.402 e. The molecule has 0 amide bonds. The number of aromatic hydroxyl groups is 5. The van der Waals surface area contributed by atoms with Gasteiger partial charge in [-0.2, -0.15) is 0 Å². The van der Waals surface area contributed by atoms with E-state index in [1.165, 1.54) is 62.8 Å². The zero-order valence-corrected chi connectivity index (χ0v) is 67.8. The van der Waals surface area contributed by atoms with Crippen LogP contribution in [0.5, 0.6) is 69.0 Å². The number of carboxylic acid groups (broad SMARTS) is 1. The normalized spacial score (nSPS) is 32.3. The molecule has 0 spiro atoms. The Morgan fingerprint density at radius 2 is 0.846 bits per heavy atom. The summed E-state index contributed by atoms with van der Waals surface area (Å²) in [6.07, 6.45) is -50.7. The molecule has 24 N–H and O–H groups in total. The van der Waals surface area contributed by atoms with E-state index in [0.717, 1.165) is 72.8 Å². The number of fused-ring (bicyclic) bond motifs is 1. The number of esters is 4. The summed E-state index contributed by atoms with van der Waals surface area (Å²) in [5.41, 5.74) is -0.227. The molecular weight excluding hydrogens is 1750 g/mol. The van der Waals surface area contributed by atoms with Gasteiger partial charge in [-0.15, -0.1) is 0 Å². The van der Waals surface area contributed by atoms with Crippen molar-refractivity contribution in [2.45, 2.75) is 185 Å². The van der Waals surface area contributed by atoms with Crippen molar-refractivity contribution in [3.8, 4) is 80.3 Å². The van der Waals surface area contributed by atoms with Crippen LogP contribution in [0, 0.1) is 0 Å². The number of carbonyl (C=O) groups is 5. The van der Waals surface area contributed by atoms with E-state index in [9.17, 15) is 141 Å². The minimum Gasteiger partial charge on any atom is -0.507 e. The number of aliphatic carboxylic acids is 1. The van der Waals surface area contributed by atoms with Crippen molar-refractivity contribution in [1.82, 2.24) is 0 Å². The highest BCUT2D eigenvalue weighted by atomic mass is 16.8. The third kappa shape index (κ3) is 22.6. The number of carboxylic acids is 1. The summed E-state index contributed by atoms with van der Waals surface area (Å²) in [7, 11) is 2.41. The van der Waals surface area contributed by atoms with E-state index in [1.807, 2.05) is 0 Å². The minimum atomic E-state index is -2.35. The quantitative estimate of drug-likeness (QED) is 0.00467. The Hall–Kier alpha value is -11.3. The zero-order chi connectivity index (χ0) is 94.1. The molecule has 48 heteroatoms. The van der Waals surface area contributed by atoms with Crippen molar-refractivity contribution in [3.63, 3.8) is 0 Å². The van der Waals surface area contributed by atoms with E-state index in [-0.39, 0.29) is 56.2 Å². The molecule has 12 rings (SSSR count). The lowest BCUT2D eigenvalue weighted by molar-refractivity contribution is -0.345. The van der Waals surface area contributed by atoms with Crippen LogP contribution in [-0.4, -0.2) is 384 Å². The van der Waals surface area contributed by atoms with Crippen LogP contribution in [0.25, 0.3) is 40.5 Å². The fraction of sp³-hybridized carbons (Fsp3) is 0.463. The lowest BCUT2D eigenvalue weighted by Crippen LogP contribution is -2.64. The third-order valence-corrected chi connectivity index (χ3v) is 21.1. The van der Waals surface area contributed by atoms with E-state index >= 15 is 0 Å². The van der Waals surface area contributed by atoms with Gasteiger partial charge in [0, 0.05) is 36.4 Å². The fourth-order valence-corrected chi connectivity index (χ4v) is 13.9. The average Bonchev–Trinajstić information content (AvgIpc) is 0.778. The van der Waals surface area contributed by atoms with Crippen LogP contribution < -0.4 is 33.2 Å². The predicted molar refractivity (Wildman–Crippen MR) is 420 cm³/mol. The van der Waals surface area contributed by atoms with E-state index in [1.54, 1.807) is 0 Å². The van der Waals surface area contributed by atoms with Crippen molar-refractivity contribution in [3.05, 3.63) is 120 Å². The van der Waals surface area contributed by atoms with Gasteiger partial charge >= 0.3 is 41.2 Å². The maximum absolute atomic E-state index is 13.9. The molecule has 0 bridgehead atoms. The molecule has 130 heavy (non-hydrogen) atoms. The lowest BCUT2D eigenvalue weighted by Gasteiger charge is -2.45. The molecule has 708 valence electrons. The SMILES string of the molecule is COc1cc(/C=C/C(=O)OC[C@H]2O[C@@H](Oc3cc4c(O[C@@H]5O[C@H](COC(=O)CC(=O)O)[C@@H](O)[C@H](O)[C@H]5O)cc(O)cc4[o+]c3-c3ccc(O)c(O)c3)[C@H](O[C@@H]3OC[C@@H](O)[C@H](O)[C@H]3OC(=O)/C=C/c3ccc(O[C@@H]4O[C@H](COC(=O)/C=C/c5ccc(O[C@@H]6O[C@H](CO)[C@@H](O)[C@H](O)[C@H]6O)c(O)c5)[C@@H](O)[C@H](O)[C@H]4O)c(O)c3)[C@@H](O)[C@@H]2O)cc(OC)c1O[C@@H]1O[C@H](CO)[C@@H](O)[C@H](O)[C@H]1O. The van der Waals surface area contributed by atoms with Crippen LogP contribution in [0.2, 0.25) is 0 Å². The summed E-state index contributed by atoms with van der Waals surface area (Å²) in [5, 5.41) is 257. The highest BCUT2D eigenvalue weighted by Gasteiger charge is 2.54. The van der Waals surface area contributed by atoms with Crippen molar-refractivity contribution in [2.24, 2.45) is 0 Å². The fourth-order valence-electron chi connectivity index (χ4n) is 13.9. The molecule has 6 aromatic rings. The molecule has 0 aliphatic carbocycles. The third-order valence-electron chi connectivity index (χ3n) is 21.1. The molecule has 0 unspecified atom stereocenters. The van der Waals surface area contributed by atoms with Crippen LogP contribution in [0.15, 0.2) is 108 Å². The summed E-state index contributed by atoms with van der Waals surface area (Å²) in [6.45, 7) is -5.03. The van der Waals surface area contributed by atoms with Gasteiger partial charge in [-0.05, 0) is 83.4 Å². The highest BCUT2D eigenvalue weighted by Crippen LogP contribution is 2.46. The minimum absolute atomic E-state index is 0.00820. The van der Waals surface area contributed by atoms with E-state index in [4.69, 9.17) is 94.8 Å². The van der Waals surface area contributed by atoms with Gasteiger partial charge in [0.15, 0.2) is 64.5 Å². The molecule has 6 fully saturated rings. The van der Waals surface area contributed by atoms with Gasteiger partial charge in [0.25, 0.3) is 0 Å². The number of phenolic OH excluding ortho intramolecular Hbond substituents is 5. The molecule has 48 nitrogen and oxygen atoms in total. The lowest BCUT2D eigenvalue weighted by atomic mass is 9.98. The smallest absolute Gasteiger partial charge is 0.402 e. The standard InChI is InChI=1S/C82H92O48/c1-112-45-17-32(18-46(113-2)74(45)129-80-72(111)65(104)60(99)49(25-84)124-80)7-13-55(94)115-28-52-63(102)68(107)76(82(127-52)122-47-22-35-43(118-73(47)33-8-9-36(86)37(87)19-33)20-34(85)21-44(35)121-79-71(110)67(106)62(101)51(126-79)29-116-57(96)23-53(91)92)130-81-75(58(97)40(90)26-117-81)128-56(95)14-6-31-4-11-42(39(89)16-31)120-78-70(109)66(105)61(100)50(125-78)27-114-54(93)12-5-30-3-10-41(38(88)15-30)119-77-69(108)64(103)59(98)48(24-83)123-77/h3-22,40,48-52,58-72,75-84,90,97-111H,23-29H2,1-2H3,(H5-,85,86,87,88,89,91,92)/p+1/b12-5+,13-7+,14-6+/t40-,48-,49-,50-,51-,52-,58+,59-,60-,61-,62-,63-,64+,65+,66+,67+,68+,69-,70-,71-,72-,75-,76-,77-,78-,79-,80+,81+,82-/m1/s1. The van der Waals surface area contributed by atoms with E-state index in [0.29, 0.717) is 0 Å². The first-order valence-corrected chi connectivity index (χ1v) is 39.4. The summed E-state index contributed by atoms with van der Waals surface area (Å²) in [5.74, 6) is -12.6. The number of phenols is 5. The molecule has 6 saturated heterocycles. The number of rotatable bonds is 32. The average molecular weight is 1850 g/mol. The van der Waals surface area contributed by atoms with E-state index in [2.05, 4.69) is 0 Å². The molecule has 0 saturated carbocycles. The monoisotopic (exact) mass is 1850 g/mol. The molecule has 29 atom stereocenters. The number of hydrogen-bond donors (Lipinski definition) is 24. The van der Waals surface area contributed by atoms with Gasteiger partial charge in [0.2, 0.25) is 42.9 Å². The van der Waals surface area contributed by atoms with Crippen LogP contribution in [0.4, 0.5) is 0 Å². The molecule has 7 heterocycles. The Labute approximate surface area is 731 Å². The molecular formula is C82H93O48+. The van der Waals surface area contributed by atoms with Crippen LogP contribution in [0.1, 0.15) is 23.1 Å². The number of hydrogen-bond acceptors (Lipinski definition) is 46. The van der Waals surface area contributed by atoms with Crippen LogP contribution in [-0.2, 0) is 76.1 Å². The topological polar surface area (TPSA) is 748 Å². The number of benzene rings is 5. The molecule has 1 aromatic heterocycles. The van der Waals surface area contributed by atoms with E-state index < -0.39 is 306 Å². The second kappa shape index (κ2) is 42.7. The number of methoxy groups -OCH3 is 2. The van der Waals surface area contributed by atoms with Gasteiger partial charge in [-0.1, -0.05) is 12.1 Å². The van der Waals surface area contributed by atoms with Gasteiger partial charge < -0.3 is 208 Å². The Morgan fingerprint density at radius 3 is 1.33 bits per heavy atom. The number of carbonyl (C=O) groups excluding carboxylic acids is 4. The zero-order valence-electron chi connectivity index (χ0n) is 67.8. The van der Waals surface area contributed by atoms with Crippen LogP contribution >= 0.6 is 0 Å². The highest BCUT2D eigenvalue weighted by molar-refractivity contribution is 5.91. The van der Waals surface area contributed by atoms with Crippen molar-refractivity contribution < 1.29 is 236 Å². The predicted octanol–water partition coefficient (Wildman–Crippen LogP) is -5.90. The Kier molecular flexibility index (Phi) is 32.1. The number of aliphatic hydroxyl groups is 18. The van der Waals surface area contributed by atoms with Crippen molar-refractivity contribution >= 4 is 59.0 Å². The maximum atomic E-state index is 13.9. The molecule has 6 aliphatic heterocycles. The largest absolute Gasteiger partial charge is 0.507 e. The summed E-state index contributed by atoms with van der Waals surface area (Å²) in [4.78, 5) is 64.0. The first-order chi connectivity index (χ1) is 61.8. The molecule has 6 aliphatic rings.